The summed E-state index contributed by atoms with van der Waals surface area (Å²) in [4.78, 5) is 25.8. The molecule has 2 bridgehead atoms. The van der Waals surface area contributed by atoms with E-state index in [1.165, 1.54) is 14.2 Å². The maximum absolute atomic E-state index is 12.4. The van der Waals surface area contributed by atoms with Gasteiger partial charge in [-0.15, -0.1) is 11.8 Å². The fourth-order valence-corrected chi connectivity index (χ4v) is 4.18. The van der Waals surface area contributed by atoms with Crippen LogP contribution < -0.4 is 0 Å². The van der Waals surface area contributed by atoms with Gasteiger partial charge in [-0.25, -0.2) is 0 Å². The summed E-state index contributed by atoms with van der Waals surface area (Å²) in [6, 6.07) is 7.67. The molecule has 21 heavy (non-hydrogen) atoms. The lowest BCUT2D eigenvalue weighted by molar-refractivity contribution is -0.173. The maximum atomic E-state index is 12.4. The minimum Gasteiger partial charge on any atom is -0.468 e. The van der Waals surface area contributed by atoms with E-state index < -0.39 is 23.5 Å². The normalized spacial score (nSPS) is 25.6. The first-order valence-electron chi connectivity index (χ1n) is 6.67. The van der Waals surface area contributed by atoms with Crippen LogP contribution in [-0.4, -0.2) is 38.0 Å². The molecule has 3 rings (SSSR count). The Morgan fingerprint density at radius 3 is 2.57 bits per heavy atom. The minimum absolute atomic E-state index is 0.175. The molecule has 1 aromatic carbocycles. The molecule has 112 valence electrons. The van der Waals surface area contributed by atoms with Gasteiger partial charge in [-0.05, 0) is 11.6 Å². The molecule has 0 unspecified atom stereocenters. The van der Waals surface area contributed by atoms with Gasteiger partial charge >= 0.3 is 11.9 Å². The van der Waals surface area contributed by atoms with Crippen molar-refractivity contribution in [2.24, 2.45) is 5.41 Å². The standard InChI is InChI=1S/C15H16O5S/c1-18-13(16)15(14(17)19-2)7-9-8-21-11-6-4-3-5-10(11)12(15)20-9/h3-6,9,12H,7-8H2,1-2H3/t9-,12-/m0/s1. The fourth-order valence-electron chi connectivity index (χ4n) is 3.10. The number of hydrogen-bond donors (Lipinski definition) is 0. The van der Waals surface area contributed by atoms with Crippen molar-refractivity contribution in [1.82, 2.24) is 0 Å². The van der Waals surface area contributed by atoms with E-state index in [-0.39, 0.29) is 6.10 Å². The molecule has 0 aromatic heterocycles. The van der Waals surface area contributed by atoms with E-state index >= 15 is 0 Å². The molecule has 1 aromatic rings. The van der Waals surface area contributed by atoms with E-state index in [1.807, 2.05) is 24.3 Å². The highest BCUT2D eigenvalue weighted by atomic mass is 32.2. The van der Waals surface area contributed by atoms with Crippen molar-refractivity contribution in [3.8, 4) is 0 Å². The summed E-state index contributed by atoms with van der Waals surface area (Å²) < 4.78 is 15.8. The van der Waals surface area contributed by atoms with Crippen LogP contribution in [-0.2, 0) is 23.8 Å². The third-order valence-electron chi connectivity index (χ3n) is 4.05. The Bertz CT molecular complexity index is 569. The van der Waals surface area contributed by atoms with Crippen LogP contribution in [0.25, 0.3) is 0 Å². The van der Waals surface area contributed by atoms with Crippen LogP contribution in [0, 0.1) is 5.41 Å². The smallest absolute Gasteiger partial charge is 0.326 e. The fraction of sp³-hybridized carbons (Fsp3) is 0.467. The van der Waals surface area contributed by atoms with Crippen molar-refractivity contribution in [3.05, 3.63) is 29.8 Å². The van der Waals surface area contributed by atoms with Gasteiger partial charge in [-0.2, -0.15) is 0 Å². The molecule has 2 heterocycles. The number of fused-ring (bicyclic) bond motifs is 4. The molecular weight excluding hydrogens is 292 g/mol. The van der Waals surface area contributed by atoms with Crippen LogP contribution in [0.2, 0.25) is 0 Å². The van der Waals surface area contributed by atoms with Gasteiger partial charge < -0.3 is 14.2 Å². The van der Waals surface area contributed by atoms with E-state index in [2.05, 4.69) is 0 Å². The first kappa shape index (κ1) is 14.4. The third-order valence-corrected chi connectivity index (χ3v) is 5.27. The molecule has 2 atom stereocenters. The van der Waals surface area contributed by atoms with Gasteiger partial charge in [0.15, 0.2) is 5.41 Å². The summed E-state index contributed by atoms with van der Waals surface area (Å²) in [5, 5.41) is 0. The lowest BCUT2D eigenvalue weighted by Gasteiger charge is -2.29. The predicted molar refractivity (Wildman–Crippen MR) is 75.9 cm³/mol. The molecule has 0 aliphatic carbocycles. The highest BCUT2D eigenvalue weighted by molar-refractivity contribution is 7.99. The number of carbonyl (C=O) groups excluding carboxylic acids is 2. The minimum atomic E-state index is -1.41. The molecular formula is C15H16O5S. The van der Waals surface area contributed by atoms with Crippen LogP contribution >= 0.6 is 11.8 Å². The Morgan fingerprint density at radius 1 is 1.24 bits per heavy atom. The Labute approximate surface area is 126 Å². The number of carbonyl (C=O) groups is 2. The second kappa shape index (κ2) is 5.35. The summed E-state index contributed by atoms with van der Waals surface area (Å²) >= 11 is 1.68. The van der Waals surface area contributed by atoms with Crippen LogP contribution in [0.1, 0.15) is 18.1 Å². The maximum Gasteiger partial charge on any atom is 0.326 e. The zero-order valence-electron chi connectivity index (χ0n) is 11.8. The number of methoxy groups -OCH3 is 2. The second-order valence-corrected chi connectivity index (χ2v) is 6.21. The average Bonchev–Trinajstić information content (AvgIpc) is 2.81. The first-order chi connectivity index (χ1) is 10.1. The molecule has 0 saturated carbocycles. The average molecular weight is 308 g/mol. The Morgan fingerprint density at radius 2 is 1.90 bits per heavy atom. The van der Waals surface area contributed by atoms with Gasteiger partial charge in [0.1, 0.15) is 6.10 Å². The lowest BCUT2D eigenvalue weighted by atomic mass is 9.77. The van der Waals surface area contributed by atoms with E-state index in [1.54, 1.807) is 11.8 Å². The first-order valence-corrected chi connectivity index (χ1v) is 7.66. The molecule has 2 aliphatic heterocycles. The Kier molecular flexibility index (Phi) is 3.67. The lowest BCUT2D eigenvalue weighted by Crippen LogP contribution is -2.44. The van der Waals surface area contributed by atoms with E-state index in [0.29, 0.717) is 12.2 Å². The molecule has 0 spiro atoms. The zero-order chi connectivity index (χ0) is 15.0. The van der Waals surface area contributed by atoms with Crippen LogP contribution in [0.15, 0.2) is 29.2 Å². The molecule has 6 heteroatoms. The number of esters is 2. The predicted octanol–water partition coefficient (Wildman–Crippen LogP) is 1.95. The molecule has 1 fully saturated rings. The van der Waals surface area contributed by atoms with Gasteiger partial charge in [0.25, 0.3) is 0 Å². The summed E-state index contributed by atoms with van der Waals surface area (Å²) in [5.41, 5.74) is -0.566. The van der Waals surface area contributed by atoms with Crippen molar-refractivity contribution < 1.29 is 23.8 Å². The van der Waals surface area contributed by atoms with Crippen molar-refractivity contribution in [3.63, 3.8) is 0 Å². The van der Waals surface area contributed by atoms with Crippen molar-refractivity contribution in [2.75, 3.05) is 20.0 Å². The summed E-state index contributed by atoms with van der Waals surface area (Å²) in [6.45, 7) is 0. The monoisotopic (exact) mass is 308 g/mol. The van der Waals surface area contributed by atoms with Crippen molar-refractivity contribution in [2.45, 2.75) is 23.5 Å². The molecule has 0 amide bonds. The molecule has 5 nitrogen and oxygen atoms in total. The van der Waals surface area contributed by atoms with Crippen molar-refractivity contribution in [1.29, 1.82) is 0 Å². The number of ether oxygens (including phenoxy) is 3. The third kappa shape index (κ3) is 2.05. The zero-order valence-corrected chi connectivity index (χ0v) is 12.6. The largest absolute Gasteiger partial charge is 0.468 e. The number of thioether (sulfide) groups is 1. The molecule has 1 saturated heterocycles. The molecule has 0 N–H and O–H groups in total. The number of benzene rings is 1. The van der Waals surface area contributed by atoms with Gasteiger partial charge in [0, 0.05) is 17.1 Å². The van der Waals surface area contributed by atoms with E-state index in [0.717, 1.165) is 10.5 Å². The summed E-state index contributed by atoms with van der Waals surface area (Å²) in [5.74, 6) is -0.490. The van der Waals surface area contributed by atoms with Gasteiger partial charge in [0.2, 0.25) is 0 Å². The van der Waals surface area contributed by atoms with E-state index in [4.69, 9.17) is 14.2 Å². The highest BCUT2D eigenvalue weighted by Gasteiger charge is 2.62. The number of rotatable bonds is 2. The highest BCUT2D eigenvalue weighted by Crippen LogP contribution is 2.54. The topological polar surface area (TPSA) is 61.8 Å². The van der Waals surface area contributed by atoms with E-state index in [9.17, 15) is 9.59 Å². The van der Waals surface area contributed by atoms with Crippen LogP contribution in [0.3, 0.4) is 0 Å². The van der Waals surface area contributed by atoms with Crippen molar-refractivity contribution >= 4 is 23.7 Å². The summed E-state index contributed by atoms with van der Waals surface area (Å²) in [7, 11) is 2.56. The second-order valence-electron chi connectivity index (χ2n) is 5.15. The Balaban J connectivity index is 2.16. The van der Waals surface area contributed by atoms with Gasteiger partial charge in [0.05, 0.1) is 20.3 Å². The molecule has 0 radical (unpaired) electrons. The summed E-state index contributed by atoms with van der Waals surface area (Å²) in [6.07, 6.45) is -0.544. The number of hydrogen-bond acceptors (Lipinski definition) is 6. The quantitative estimate of drug-likeness (QED) is 0.615. The van der Waals surface area contributed by atoms with Crippen LogP contribution in [0.5, 0.6) is 0 Å². The van der Waals surface area contributed by atoms with Gasteiger partial charge in [-0.3, -0.25) is 9.59 Å². The molecule has 2 aliphatic rings. The SMILES string of the molecule is COC(=O)C1(C(=O)OC)C[C@H]2CSc3ccccc3[C@@H]1O2. The van der Waals surface area contributed by atoms with Crippen LogP contribution in [0.4, 0.5) is 0 Å². The Hall–Kier alpha value is -1.53. The van der Waals surface area contributed by atoms with Gasteiger partial charge in [-0.1, -0.05) is 18.2 Å².